The zero-order chi connectivity index (χ0) is 11.5. The Morgan fingerprint density at radius 1 is 1.19 bits per heavy atom. The van der Waals surface area contributed by atoms with Crippen LogP contribution in [-0.2, 0) is 0 Å². The molecule has 2 N–H and O–H groups in total. The third-order valence-electron chi connectivity index (χ3n) is 1.93. The summed E-state index contributed by atoms with van der Waals surface area (Å²) in [6.07, 6.45) is 0. The van der Waals surface area contributed by atoms with Gasteiger partial charge in [0, 0.05) is 5.56 Å². The van der Waals surface area contributed by atoms with Gasteiger partial charge < -0.3 is 10.5 Å². The van der Waals surface area contributed by atoms with Gasteiger partial charge in [0.1, 0.15) is 0 Å². The zero-order valence-corrected chi connectivity index (χ0v) is 9.27. The summed E-state index contributed by atoms with van der Waals surface area (Å²) in [5, 5.41) is 0.551. The number of nitrogen functional groups attached to an aromatic ring is 1. The molecule has 0 fully saturated rings. The van der Waals surface area contributed by atoms with Crippen LogP contribution in [0.2, 0.25) is 5.02 Å². The van der Waals surface area contributed by atoms with Gasteiger partial charge in [0.05, 0.1) is 12.1 Å². The van der Waals surface area contributed by atoms with Crippen molar-refractivity contribution in [2.75, 3.05) is 12.8 Å². The molecule has 0 aliphatic heterocycles. The molecule has 0 radical (unpaired) electrons. The summed E-state index contributed by atoms with van der Waals surface area (Å²) in [7, 11) is 1.46. The minimum atomic E-state index is 0.0989. The van der Waals surface area contributed by atoms with E-state index in [1.54, 1.807) is 12.1 Å². The number of anilines is 1. The minimum absolute atomic E-state index is 0.0989. The summed E-state index contributed by atoms with van der Waals surface area (Å²) in [5.41, 5.74) is 6.23. The fraction of sp³-hybridized carbons (Fsp3) is 0.100. The molecule has 0 saturated heterocycles. The molecule has 6 heteroatoms. The van der Waals surface area contributed by atoms with E-state index in [1.807, 2.05) is 12.1 Å². The molecule has 0 saturated carbocycles. The van der Waals surface area contributed by atoms with E-state index in [1.165, 1.54) is 7.11 Å². The lowest BCUT2D eigenvalue weighted by Gasteiger charge is -2.04. The minimum Gasteiger partial charge on any atom is -0.467 e. The second-order valence-electron chi connectivity index (χ2n) is 2.98. The van der Waals surface area contributed by atoms with Gasteiger partial charge in [-0.05, 0) is 12.1 Å². The van der Waals surface area contributed by atoms with Gasteiger partial charge in [0.2, 0.25) is 5.95 Å². The Hall–Kier alpha value is -1.88. The van der Waals surface area contributed by atoms with Gasteiger partial charge in [-0.1, -0.05) is 23.7 Å². The number of ether oxygens (including phenoxy) is 1. The number of hydrogen-bond acceptors (Lipinski definition) is 5. The first-order valence-electron chi connectivity index (χ1n) is 4.51. The average Bonchev–Trinajstić information content (AvgIpc) is 2.28. The Morgan fingerprint density at radius 3 is 2.62 bits per heavy atom. The lowest BCUT2D eigenvalue weighted by Crippen LogP contribution is -2.02. The summed E-state index contributed by atoms with van der Waals surface area (Å²) in [4.78, 5) is 11.9. The highest BCUT2D eigenvalue weighted by Gasteiger charge is 2.09. The Morgan fingerprint density at radius 2 is 1.94 bits per heavy atom. The molecule has 1 aromatic carbocycles. The van der Waals surface area contributed by atoms with Gasteiger partial charge in [0.25, 0.3) is 0 Å². The van der Waals surface area contributed by atoms with Gasteiger partial charge in [-0.2, -0.15) is 15.0 Å². The van der Waals surface area contributed by atoms with Crippen molar-refractivity contribution in [3.05, 3.63) is 29.3 Å². The van der Waals surface area contributed by atoms with E-state index in [2.05, 4.69) is 15.0 Å². The van der Waals surface area contributed by atoms with Crippen LogP contribution in [0.15, 0.2) is 24.3 Å². The van der Waals surface area contributed by atoms with Crippen LogP contribution < -0.4 is 10.5 Å². The van der Waals surface area contributed by atoms with Crippen molar-refractivity contribution in [3.8, 4) is 17.4 Å². The molecule has 0 aliphatic carbocycles. The lowest BCUT2D eigenvalue weighted by molar-refractivity contribution is 0.379. The van der Waals surface area contributed by atoms with Gasteiger partial charge in [0.15, 0.2) is 5.82 Å². The second-order valence-corrected chi connectivity index (χ2v) is 3.39. The first-order valence-corrected chi connectivity index (χ1v) is 4.89. The number of nitrogens with two attached hydrogens (primary N) is 1. The van der Waals surface area contributed by atoms with E-state index >= 15 is 0 Å². The first-order chi connectivity index (χ1) is 7.70. The lowest BCUT2D eigenvalue weighted by atomic mass is 10.2. The first kappa shape index (κ1) is 10.6. The van der Waals surface area contributed by atoms with E-state index < -0.39 is 0 Å². The number of methoxy groups -OCH3 is 1. The number of benzene rings is 1. The summed E-state index contributed by atoms with van der Waals surface area (Å²) in [6.45, 7) is 0. The molecule has 16 heavy (non-hydrogen) atoms. The fourth-order valence-electron chi connectivity index (χ4n) is 1.23. The van der Waals surface area contributed by atoms with Crippen LogP contribution in [0.3, 0.4) is 0 Å². The van der Waals surface area contributed by atoms with E-state index in [0.29, 0.717) is 16.4 Å². The highest BCUT2D eigenvalue weighted by atomic mass is 35.5. The number of hydrogen-bond donors (Lipinski definition) is 1. The number of rotatable bonds is 2. The Bertz CT molecular complexity index is 518. The number of nitrogens with zero attached hydrogens (tertiary/aromatic N) is 3. The molecule has 0 bridgehead atoms. The highest BCUT2D eigenvalue weighted by Crippen LogP contribution is 2.25. The molecule has 1 heterocycles. The zero-order valence-electron chi connectivity index (χ0n) is 8.51. The van der Waals surface area contributed by atoms with Crippen LogP contribution in [0.4, 0.5) is 5.95 Å². The molecule has 0 amide bonds. The van der Waals surface area contributed by atoms with Gasteiger partial charge >= 0.3 is 6.01 Å². The molecular formula is C10H9ClN4O. The molecule has 0 unspecified atom stereocenters. The maximum absolute atomic E-state index is 6.02. The molecule has 0 aliphatic rings. The van der Waals surface area contributed by atoms with Crippen LogP contribution >= 0.6 is 11.6 Å². The molecule has 0 atom stereocenters. The maximum atomic E-state index is 6.02. The quantitative estimate of drug-likeness (QED) is 0.860. The standard InChI is InChI=1S/C10H9ClN4O/c1-16-10-14-8(13-9(12)15-10)6-4-2-3-5-7(6)11/h2-5H,1H3,(H2,12,13,14,15). The monoisotopic (exact) mass is 236 g/mol. The molecule has 1 aromatic heterocycles. The smallest absolute Gasteiger partial charge is 0.321 e. The third kappa shape index (κ3) is 2.04. The van der Waals surface area contributed by atoms with Gasteiger partial charge in [-0.25, -0.2) is 0 Å². The van der Waals surface area contributed by atoms with E-state index in [-0.39, 0.29) is 12.0 Å². The SMILES string of the molecule is COc1nc(N)nc(-c2ccccc2Cl)n1. The Kier molecular flexibility index (Phi) is 2.87. The largest absolute Gasteiger partial charge is 0.467 e. The predicted octanol–water partition coefficient (Wildman–Crippen LogP) is 1.78. The van der Waals surface area contributed by atoms with Crippen LogP contribution in [0.25, 0.3) is 11.4 Å². The maximum Gasteiger partial charge on any atom is 0.321 e. The van der Waals surface area contributed by atoms with Crippen LogP contribution in [0, 0.1) is 0 Å². The van der Waals surface area contributed by atoms with Crippen LogP contribution in [0.5, 0.6) is 6.01 Å². The second kappa shape index (κ2) is 4.32. The van der Waals surface area contributed by atoms with Crippen molar-refractivity contribution in [3.63, 3.8) is 0 Å². The van der Waals surface area contributed by atoms with E-state index in [0.717, 1.165) is 0 Å². The summed E-state index contributed by atoms with van der Waals surface area (Å²) < 4.78 is 4.91. The van der Waals surface area contributed by atoms with Crippen molar-refractivity contribution < 1.29 is 4.74 Å². The third-order valence-corrected chi connectivity index (χ3v) is 2.26. The fourth-order valence-corrected chi connectivity index (χ4v) is 1.45. The van der Waals surface area contributed by atoms with E-state index in [4.69, 9.17) is 22.1 Å². The number of halogens is 1. The van der Waals surface area contributed by atoms with Crippen molar-refractivity contribution >= 4 is 17.5 Å². The van der Waals surface area contributed by atoms with Crippen molar-refractivity contribution in [2.45, 2.75) is 0 Å². The molecule has 2 rings (SSSR count). The predicted molar refractivity (Wildman–Crippen MR) is 61.2 cm³/mol. The van der Waals surface area contributed by atoms with Crippen LogP contribution in [0.1, 0.15) is 0 Å². The Labute approximate surface area is 97.3 Å². The molecular weight excluding hydrogens is 228 g/mol. The van der Waals surface area contributed by atoms with Crippen molar-refractivity contribution in [2.24, 2.45) is 0 Å². The van der Waals surface area contributed by atoms with Crippen LogP contribution in [-0.4, -0.2) is 22.1 Å². The number of aromatic nitrogens is 3. The highest BCUT2D eigenvalue weighted by molar-refractivity contribution is 6.33. The Balaban J connectivity index is 2.56. The molecule has 2 aromatic rings. The topological polar surface area (TPSA) is 73.9 Å². The summed E-state index contributed by atoms with van der Waals surface area (Å²) in [5.74, 6) is 0.497. The molecule has 5 nitrogen and oxygen atoms in total. The summed E-state index contributed by atoms with van der Waals surface area (Å²) in [6, 6.07) is 7.39. The van der Waals surface area contributed by atoms with Gasteiger partial charge in [-0.15, -0.1) is 0 Å². The van der Waals surface area contributed by atoms with Crippen molar-refractivity contribution in [1.82, 2.24) is 15.0 Å². The normalized spacial score (nSPS) is 10.1. The molecule has 0 spiro atoms. The van der Waals surface area contributed by atoms with Gasteiger partial charge in [-0.3, -0.25) is 0 Å². The van der Waals surface area contributed by atoms with Crippen molar-refractivity contribution in [1.29, 1.82) is 0 Å². The van der Waals surface area contributed by atoms with E-state index in [9.17, 15) is 0 Å². The summed E-state index contributed by atoms with van der Waals surface area (Å²) >= 11 is 6.02. The molecule has 82 valence electrons. The average molecular weight is 237 g/mol.